The van der Waals surface area contributed by atoms with Crippen LogP contribution in [-0.4, -0.2) is 29.1 Å². The van der Waals surface area contributed by atoms with Gasteiger partial charge in [-0.3, -0.25) is 4.98 Å². The predicted molar refractivity (Wildman–Crippen MR) is 79.8 cm³/mol. The fraction of sp³-hybridized carbons (Fsp3) is 0.294. The highest BCUT2D eigenvalue weighted by Crippen LogP contribution is 2.27. The van der Waals surface area contributed by atoms with Crippen LogP contribution in [0.2, 0.25) is 0 Å². The Morgan fingerprint density at radius 2 is 1.95 bits per heavy atom. The van der Waals surface area contributed by atoms with E-state index in [1.807, 2.05) is 42.5 Å². The number of rotatable bonds is 3. The Morgan fingerprint density at radius 1 is 1.19 bits per heavy atom. The minimum Gasteiger partial charge on any atom is -0.445 e. The second-order valence-corrected chi connectivity index (χ2v) is 5.25. The van der Waals surface area contributed by atoms with Gasteiger partial charge >= 0.3 is 6.09 Å². The quantitative estimate of drug-likeness (QED) is 0.868. The maximum absolute atomic E-state index is 12.1. The van der Waals surface area contributed by atoms with Gasteiger partial charge in [-0.2, -0.15) is 0 Å². The zero-order valence-electron chi connectivity index (χ0n) is 11.8. The van der Waals surface area contributed by atoms with Gasteiger partial charge in [-0.1, -0.05) is 30.3 Å². The standard InChI is InChI=1S/C17H18N2O2/c20-17(21-13-14-4-2-1-3-5-14)19-11-8-16(12-19)15-6-9-18-10-7-15/h1-7,9-10,16H,8,11-13H2. The molecule has 2 heterocycles. The van der Waals surface area contributed by atoms with E-state index >= 15 is 0 Å². The second kappa shape index (κ2) is 6.39. The molecule has 1 aliphatic heterocycles. The summed E-state index contributed by atoms with van der Waals surface area (Å²) >= 11 is 0. The van der Waals surface area contributed by atoms with Crippen LogP contribution in [0, 0.1) is 0 Å². The van der Waals surface area contributed by atoms with E-state index in [4.69, 9.17) is 4.74 Å². The molecule has 1 unspecified atom stereocenters. The molecule has 1 fully saturated rings. The van der Waals surface area contributed by atoms with E-state index in [0.29, 0.717) is 12.5 Å². The lowest BCUT2D eigenvalue weighted by Gasteiger charge is -2.16. The van der Waals surface area contributed by atoms with Gasteiger partial charge < -0.3 is 9.64 Å². The van der Waals surface area contributed by atoms with Crippen molar-refractivity contribution >= 4 is 6.09 Å². The van der Waals surface area contributed by atoms with Gasteiger partial charge in [0.2, 0.25) is 0 Å². The van der Waals surface area contributed by atoms with E-state index in [2.05, 4.69) is 4.98 Å². The lowest BCUT2D eigenvalue weighted by atomic mass is 10.00. The lowest BCUT2D eigenvalue weighted by molar-refractivity contribution is 0.104. The van der Waals surface area contributed by atoms with Crippen LogP contribution in [0.5, 0.6) is 0 Å². The van der Waals surface area contributed by atoms with Gasteiger partial charge in [-0.25, -0.2) is 4.79 Å². The van der Waals surface area contributed by atoms with Crippen molar-refractivity contribution in [3.8, 4) is 0 Å². The van der Waals surface area contributed by atoms with Crippen molar-refractivity contribution in [3.05, 3.63) is 66.0 Å². The number of hydrogen-bond acceptors (Lipinski definition) is 3. The molecule has 1 atom stereocenters. The van der Waals surface area contributed by atoms with Crippen molar-refractivity contribution in [2.24, 2.45) is 0 Å². The Balaban J connectivity index is 1.53. The van der Waals surface area contributed by atoms with E-state index in [9.17, 15) is 4.79 Å². The van der Waals surface area contributed by atoms with Gasteiger partial charge in [0, 0.05) is 31.4 Å². The molecule has 1 saturated heterocycles. The molecule has 0 bridgehead atoms. The van der Waals surface area contributed by atoms with Crippen LogP contribution in [0.1, 0.15) is 23.5 Å². The summed E-state index contributed by atoms with van der Waals surface area (Å²) in [7, 11) is 0. The first-order chi connectivity index (χ1) is 10.3. The van der Waals surface area contributed by atoms with Crippen LogP contribution in [0.3, 0.4) is 0 Å². The Kier molecular flexibility index (Phi) is 4.15. The maximum atomic E-state index is 12.1. The molecule has 0 radical (unpaired) electrons. The molecule has 0 aliphatic carbocycles. The molecule has 1 aromatic heterocycles. The number of benzene rings is 1. The number of ether oxygens (including phenoxy) is 1. The van der Waals surface area contributed by atoms with Crippen LogP contribution in [0.15, 0.2) is 54.9 Å². The molecule has 0 spiro atoms. The maximum Gasteiger partial charge on any atom is 0.410 e. The molecular weight excluding hydrogens is 264 g/mol. The average molecular weight is 282 g/mol. The lowest BCUT2D eigenvalue weighted by Crippen LogP contribution is -2.29. The highest BCUT2D eigenvalue weighted by atomic mass is 16.6. The summed E-state index contributed by atoms with van der Waals surface area (Å²) in [5, 5.41) is 0. The monoisotopic (exact) mass is 282 g/mol. The summed E-state index contributed by atoms with van der Waals surface area (Å²) < 4.78 is 5.37. The number of carbonyl (C=O) groups is 1. The van der Waals surface area contributed by atoms with Crippen molar-refractivity contribution in [2.75, 3.05) is 13.1 Å². The third kappa shape index (κ3) is 3.40. The molecule has 3 rings (SSSR count). The van der Waals surface area contributed by atoms with Gasteiger partial charge in [0.15, 0.2) is 0 Å². The normalized spacial score (nSPS) is 17.7. The Hall–Kier alpha value is -2.36. The molecular formula is C17H18N2O2. The number of likely N-dealkylation sites (tertiary alicyclic amines) is 1. The zero-order valence-corrected chi connectivity index (χ0v) is 11.8. The third-order valence-corrected chi connectivity index (χ3v) is 3.83. The van der Waals surface area contributed by atoms with E-state index in [-0.39, 0.29) is 6.09 Å². The van der Waals surface area contributed by atoms with E-state index in [1.54, 1.807) is 17.3 Å². The van der Waals surface area contributed by atoms with Crippen LogP contribution >= 0.6 is 0 Å². The topological polar surface area (TPSA) is 42.4 Å². The summed E-state index contributed by atoms with van der Waals surface area (Å²) in [5.74, 6) is 0.386. The summed E-state index contributed by atoms with van der Waals surface area (Å²) in [6.45, 7) is 1.80. The van der Waals surface area contributed by atoms with E-state index < -0.39 is 0 Å². The molecule has 0 saturated carbocycles. The van der Waals surface area contributed by atoms with Crippen molar-refractivity contribution < 1.29 is 9.53 Å². The molecule has 4 nitrogen and oxygen atoms in total. The van der Waals surface area contributed by atoms with Crippen LogP contribution < -0.4 is 0 Å². The first kappa shape index (κ1) is 13.6. The third-order valence-electron chi connectivity index (χ3n) is 3.83. The summed E-state index contributed by atoms with van der Waals surface area (Å²) in [5.41, 5.74) is 2.25. The molecule has 108 valence electrons. The zero-order chi connectivity index (χ0) is 14.5. The average Bonchev–Trinajstić information content (AvgIpc) is 3.04. The van der Waals surface area contributed by atoms with Gasteiger partial charge in [-0.15, -0.1) is 0 Å². The van der Waals surface area contributed by atoms with E-state index in [0.717, 1.165) is 25.1 Å². The van der Waals surface area contributed by atoms with Gasteiger partial charge in [0.1, 0.15) is 6.61 Å². The number of amides is 1. The summed E-state index contributed by atoms with van der Waals surface area (Å²) in [4.78, 5) is 17.9. The summed E-state index contributed by atoms with van der Waals surface area (Å²) in [6, 6.07) is 13.8. The smallest absolute Gasteiger partial charge is 0.410 e. The number of hydrogen-bond donors (Lipinski definition) is 0. The molecule has 0 N–H and O–H groups in total. The van der Waals surface area contributed by atoms with Crippen molar-refractivity contribution in [3.63, 3.8) is 0 Å². The van der Waals surface area contributed by atoms with Crippen LogP contribution in [0.4, 0.5) is 4.79 Å². The number of pyridine rings is 1. The van der Waals surface area contributed by atoms with Crippen molar-refractivity contribution in [1.82, 2.24) is 9.88 Å². The number of carbonyl (C=O) groups excluding carboxylic acids is 1. The molecule has 21 heavy (non-hydrogen) atoms. The van der Waals surface area contributed by atoms with Crippen molar-refractivity contribution in [1.29, 1.82) is 0 Å². The number of aromatic nitrogens is 1. The minimum atomic E-state index is -0.226. The molecule has 1 amide bonds. The molecule has 1 aromatic carbocycles. The fourth-order valence-electron chi connectivity index (χ4n) is 2.64. The summed E-state index contributed by atoms with van der Waals surface area (Å²) in [6.07, 6.45) is 4.34. The molecule has 1 aliphatic rings. The van der Waals surface area contributed by atoms with Gasteiger partial charge in [-0.05, 0) is 29.7 Å². The Bertz CT molecular complexity index is 586. The SMILES string of the molecule is O=C(OCc1ccccc1)N1CCC(c2ccncc2)C1. The second-order valence-electron chi connectivity index (χ2n) is 5.25. The van der Waals surface area contributed by atoms with Crippen LogP contribution in [-0.2, 0) is 11.3 Å². The predicted octanol–water partition coefficient (Wildman–Crippen LogP) is 3.21. The highest BCUT2D eigenvalue weighted by Gasteiger charge is 2.28. The first-order valence-electron chi connectivity index (χ1n) is 7.18. The van der Waals surface area contributed by atoms with Gasteiger partial charge in [0.25, 0.3) is 0 Å². The van der Waals surface area contributed by atoms with Gasteiger partial charge in [0.05, 0.1) is 0 Å². The molecule has 4 heteroatoms. The van der Waals surface area contributed by atoms with E-state index in [1.165, 1.54) is 5.56 Å². The highest BCUT2D eigenvalue weighted by molar-refractivity contribution is 5.68. The van der Waals surface area contributed by atoms with Crippen LogP contribution in [0.25, 0.3) is 0 Å². The number of nitrogens with zero attached hydrogens (tertiary/aromatic N) is 2. The Labute approximate surface area is 124 Å². The fourth-order valence-corrected chi connectivity index (χ4v) is 2.64. The minimum absolute atomic E-state index is 0.226. The van der Waals surface area contributed by atoms with Crippen molar-refractivity contribution in [2.45, 2.75) is 18.9 Å². The molecule has 2 aromatic rings. The largest absolute Gasteiger partial charge is 0.445 e. The Morgan fingerprint density at radius 3 is 2.71 bits per heavy atom. The first-order valence-corrected chi connectivity index (χ1v) is 7.18.